The number of aliphatic hydroxyl groups excluding tert-OH is 1. The molecule has 2 aromatic carbocycles. The summed E-state index contributed by atoms with van der Waals surface area (Å²) in [5, 5.41) is 21.3. The molecule has 1 aliphatic heterocycles. The fourth-order valence-electron chi connectivity index (χ4n) is 3.66. The first-order valence-electron chi connectivity index (χ1n) is 9.45. The van der Waals surface area contributed by atoms with Crippen LogP contribution in [0.3, 0.4) is 0 Å². The maximum Gasteiger partial charge on any atom is 0.296 e. The first-order chi connectivity index (χ1) is 15.3. The standard InChI is InChI=1S/C23H17Cl2NO6/c1-31-18-7-5-13(24)10-15(18)21(28)19-20(12-4-6-17(27)16(25)9-12)26(23(30)22(19)29)11-14-3-2-8-32-14/h2-10,20,27-28H,11H2,1H3/b21-19+. The number of carbonyl (C=O) groups excluding carboxylic acids is 2. The molecule has 3 aromatic rings. The molecule has 0 aliphatic carbocycles. The second-order valence-corrected chi connectivity index (χ2v) is 7.91. The maximum absolute atomic E-state index is 13.1. The number of likely N-dealkylation sites (tertiary alicyclic amines) is 1. The number of Topliss-reactive ketones (excluding diaryl/α,β-unsaturated/α-hetero) is 1. The van der Waals surface area contributed by atoms with Gasteiger partial charge in [-0.3, -0.25) is 9.59 Å². The summed E-state index contributed by atoms with van der Waals surface area (Å²) >= 11 is 12.2. The van der Waals surface area contributed by atoms with Gasteiger partial charge in [0.1, 0.15) is 23.0 Å². The number of carbonyl (C=O) groups is 2. The van der Waals surface area contributed by atoms with E-state index in [0.29, 0.717) is 16.3 Å². The summed E-state index contributed by atoms with van der Waals surface area (Å²) < 4.78 is 10.7. The maximum atomic E-state index is 13.1. The van der Waals surface area contributed by atoms with E-state index in [-0.39, 0.29) is 34.2 Å². The zero-order valence-electron chi connectivity index (χ0n) is 16.7. The molecule has 0 bridgehead atoms. The van der Waals surface area contributed by atoms with E-state index >= 15 is 0 Å². The van der Waals surface area contributed by atoms with E-state index in [0.717, 1.165) is 0 Å². The Kier molecular flexibility index (Phi) is 5.86. The molecule has 9 heteroatoms. The Bertz CT molecular complexity index is 1240. The van der Waals surface area contributed by atoms with Crippen molar-refractivity contribution in [1.29, 1.82) is 0 Å². The monoisotopic (exact) mass is 473 g/mol. The number of furan rings is 1. The number of hydrogen-bond acceptors (Lipinski definition) is 6. The fraction of sp³-hybridized carbons (Fsp3) is 0.130. The van der Waals surface area contributed by atoms with Gasteiger partial charge in [0.15, 0.2) is 0 Å². The number of phenols is 1. The lowest BCUT2D eigenvalue weighted by Crippen LogP contribution is -2.29. The van der Waals surface area contributed by atoms with Crippen molar-refractivity contribution in [2.45, 2.75) is 12.6 Å². The SMILES string of the molecule is COc1ccc(Cl)cc1/C(O)=C1\C(=O)C(=O)N(Cc2ccco2)C1c1ccc(O)c(Cl)c1. The molecule has 164 valence electrons. The molecule has 1 atom stereocenters. The molecule has 1 saturated heterocycles. The number of nitrogens with zero attached hydrogens (tertiary/aromatic N) is 1. The fourth-order valence-corrected chi connectivity index (χ4v) is 4.02. The van der Waals surface area contributed by atoms with Gasteiger partial charge in [-0.05, 0) is 48.0 Å². The van der Waals surface area contributed by atoms with E-state index in [1.54, 1.807) is 24.3 Å². The molecule has 2 heterocycles. The lowest BCUT2D eigenvalue weighted by Gasteiger charge is -2.25. The van der Waals surface area contributed by atoms with Crippen LogP contribution in [0.25, 0.3) is 5.76 Å². The molecular weight excluding hydrogens is 457 g/mol. The van der Waals surface area contributed by atoms with E-state index in [2.05, 4.69) is 0 Å². The number of benzene rings is 2. The third-order valence-electron chi connectivity index (χ3n) is 5.15. The van der Waals surface area contributed by atoms with Gasteiger partial charge in [-0.2, -0.15) is 0 Å². The number of aliphatic hydroxyl groups is 1. The average molecular weight is 474 g/mol. The van der Waals surface area contributed by atoms with Gasteiger partial charge in [-0.25, -0.2) is 0 Å². The first kappa shape index (κ1) is 21.8. The van der Waals surface area contributed by atoms with Crippen molar-refractivity contribution in [3.8, 4) is 11.5 Å². The van der Waals surface area contributed by atoms with Crippen LogP contribution in [0.1, 0.15) is 22.9 Å². The highest BCUT2D eigenvalue weighted by atomic mass is 35.5. The van der Waals surface area contributed by atoms with Gasteiger partial charge in [0.25, 0.3) is 11.7 Å². The zero-order chi connectivity index (χ0) is 23.0. The predicted octanol–water partition coefficient (Wildman–Crippen LogP) is 4.92. The number of ketones is 1. The van der Waals surface area contributed by atoms with Crippen LogP contribution in [-0.4, -0.2) is 33.9 Å². The molecule has 1 aliphatic rings. The van der Waals surface area contributed by atoms with Gasteiger partial charge >= 0.3 is 0 Å². The summed E-state index contributed by atoms with van der Waals surface area (Å²) in [4.78, 5) is 27.3. The normalized spacial score (nSPS) is 17.7. The van der Waals surface area contributed by atoms with Crippen LogP contribution in [0.15, 0.2) is 64.8 Å². The molecule has 1 unspecified atom stereocenters. The number of methoxy groups -OCH3 is 1. The third-order valence-corrected chi connectivity index (χ3v) is 5.69. The van der Waals surface area contributed by atoms with Crippen molar-refractivity contribution in [3.63, 3.8) is 0 Å². The summed E-state index contributed by atoms with van der Waals surface area (Å²) in [5.41, 5.74) is 0.413. The highest BCUT2D eigenvalue weighted by Gasteiger charge is 2.46. The van der Waals surface area contributed by atoms with Gasteiger partial charge in [0.2, 0.25) is 0 Å². The molecule has 7 nitrogen and oxygen atoms in total. The van der Waals surface area contributed by atoms with E-state index in [4.69, 9.17) is 32.4 Å². The Morgan fingerprint density at radius 2 is 1.94 bits per heavy atom. The first-order valence-corrected chi connectivity index (χ1v) is 10.2. The van der Waals surface area contributed by atoms with Crippen LogP contribution < -0.4 is 4.74 Å². The largest absolute Gasteiger partial charge is 0.507 e. The Morgan fingerprint density at radius 1 is 1.16 bits per heavy atom. The average Bonchev–Trinajstić information content (AvgIpc) is 3.37. The van der Waals surface area contributed by atoms with Gasteiger partial charge < -0.3 is 24.3 Å². The van der Waals surface area contributed by atoms with Crippen molar-refractivity contribution in [2.24, 2.45) is 0 Å². The van der Waals surface area contributed by atoms with E-state index < -0.39 is 23.5 Å². The Morgan fingerprint density at radius 3 is 2.59 bits per heavy atom. The predicted molar refractivity (Wildman–Crippen MR) is 118 cm³/mol. The second-order valence-electron chi connectivity index (χ2n) is 7.06. The molecule has 32 heavy (non-hydrogen) atoms. The highest BCUT2D eigenvalue weighted by Crippen LogP contribution is 2.43. The molecule has 1 aromatic heterocycles. The quantitative estimate of drug-likeness (QED) is 0.309. The lowest BCUT2D eigenvalue weighted by molar-refractivity contribution is -0.140. The van der Waals surface area contributed by atoms with Gasteiger partial charge in [0.05, 0.1) is 42.1 Å². The van der Waals surface area contributed by atoms with E-state index in [1.165, 1.54) is 42.5 Å². The Balaban J connectivity index is 1.93. The lowest BCUT2D eigenvalue weighted by atomic mass is 9.95. The molecule has 4 rings (SSSR count). The van der Waals surface area contributed by atoms with E-state index in [1.807, 2.05) is 0 Å². The minimum Gasteiger partial charge on any atom is -0.507 e. The molecular formula is C23H17Cl2NO6. The molecule has 1 fully saturated rings. The topological polar surface area (TPSA) is 100 Å². The number of phenolic OH excluding ortho intramolecular Hbond substituents is 1. The van der Waals surface area contributed by atoms with Gasteiger partial charge in [-0.1, -0.05) is 29.3 Å². The highest BCUT2D eigenvalue weighted by molar-refractivity contribution is 6.46. The summed E-state index contributed by atoms with van der Waals surface area (Å²) in [6, 6.07) is 11.2. The van der Waals surface area contributed by atoms with E-state index in [9.17, 15) is 19.8 Å². The molecule has 0 saturated carbocycles. The smallest absolute Gasteiger partial charge is 0.296 e. The number of aromatic hydroxyl groups is 1. The van der Waals surface area contributed by atoms with Crippen LogP contribution in [0.5, 0.6) is 11.5 Å². The third kappa shape index (κ3) is 3.81. The van der Waals surface area contributed by atoms with Crippen molar-refractivity contribution < 1.29 is 29.0 Å². The van der Waals surface area contributed by atoms with Crippen LogP contribution >= 0.6 is 23.2 Å². The number of halogens is 2. The number of hydrogen-bond donors (Lipinski definition) is 2. The Hall–Kier alpha value is -3.42. The summed E-state index contributed by atoms with van der Waals surface area (Å²) in [5.74, 6) is -1.59. The minimum atomic E-state index is -0.998. The van der Waals surface area contributed by atoms with Crippen LogP contribution in [0.4, 0.5) is 0 Å². The Labute approximate surface area is 193 Å². The molecule has 0 radical (unpaired) electrons. The van der Waals surface area contributed by atoms with Crippen molar-refractivity contribution in [1.82, 2.24) is 4.90 Å². The summed E-state index contributed by atoms with van der Waals surface area (Å²) in [6.45, 7) is -0.0236. The molecule has 2 N–H and O–H groups in total. The summed E-state index contributed by atoms with van der Waals surface area (Å²) in [7, 11) is 1.41. The number of amides is 1. The zero-order valence-corrected chi connectivity index (χ0v) is 18.2. The van der Waals surface area contributed by atoms with Crippen LogP contribution in [-0.2, 0) is 16.1 Å². The van der Waals surface area contributed by atoms with Crippen LogP contribution in [0, 0.1) is 0 Å². The second kappa shape index (κ2) is 8.61. The van der Waals surface area contributed by atoms with Crippen LogP contribution in [0.2, 0.25) is 10.0 Å². The molecule has 0 spiro atoms. The van der Waals surface area contributed by atoms with Crippen molar-refractivity contribution in [3.05, 3.63) is 87.3 Å². The number of rotatable bonds is 5. The summed E-state index contributed by atoms with van der Waals surface area (Å²) in [6.07, 6.45) is 1.45. The van der Waals surface area contributed by atoms with Gasteiger partial charge in [0, 0.05) is 5.02 Å². The van der Waals surface area contributed by atoms with Gasteiger partial charge in [-0.15, -0.1) is 0 Å². The molecule has 1 amide bonds. The minimum absolute atomic E-state index is 0.0236. The van der Waals surface area contributed by atoms with Crippen molar-refractivity contribution in [2.75, 3.05) is 7.11 Å². The van der Waals surface area contributed by atoms with Crippen molar-refractivity contribution >= 4 is 40.7 Å². The number of ether oxygens (including phenoxy) is 1.